The number of para-hydroxylation sites is 1. The van der Waals surface area contributed by atoms with E-state index >= 15 is 0 Å². The minimum Gasteiger partial charge on any atom is -0.458 e. The van der Waals surface area contributed by atoms with E-state index in [1.807, 2.05) is 25.1 Å². The number of furan rings is 1. The van der Waals surface area contributed by atoms with Gasteiger partial charge >= 0.3 is 6.18 Å². The molecule has 6 heteroatoms. The van der Waals surface area contributed by atoms with E-state index in [0.717, 1.165) is 9.86 Å². The summed E-state index contributed by atoms with van der Waals surface area (Å²) >= 11 is 3.37. The van der Waals surface area contributed by atoms with Crippen LogP contribution in [0.25, 0.3) is 11.0 Å². The molecule has 1 heterocycles. The van der Waals surface area contributed by atoms with E-state index in [2.05, 4.69) is 21.2 Å². The van der Waals surface area contributed by atoms with Crippen LogP contribution in [0.1, 0.15) is 31.6 Å². The predicted molar refractivity (Wildman–Crippen MR) is 75.6 cm³/mol. The van der Waals surface area contributed by atoms with Crippen molar-refractivity contribution in [3.8, 4) is 0 Å². The van der Waals surface area contributed by atoms with E-state index < -0.39 is 18.6 Å². The maximum Gasteiger partial charge on any atom is 0.389 e. The molecule has 0 spiro atoms. The lowest BCUT2D eigenvalue weighted by Crippen LogP contribution is -2.22. The SMILES string of the molecule is CCNC(CCC(F)(F)F)c1cc2cccc(Br)c2o1. The second kappa shape index (κ2) is 6.18. The molecular formula is C14H15BrF3NO. The Morgan fingerprint density at radius 2 is 2.10 bits per heavy atom. The lowest BCUT2D eigenvalue weighted by Gasteiger charge is -2.16. The number of halogens is 4. The Morgan fingerprint density at radius 1 is 1.35 bits per heavy atom. The van der Waals surface area contributed by atoms with Crippen LogP contribution in [0, 0.1) is 0 Å². The molecule has 1 unspecified atom stereocenters. The number of fused-ring (bicyclic) bond motifs is 1. The highest BCUT2D eigenvalue weighted by Gasteiger charge is 2.29. The van der Waals surface area contributed by atoms with Crippen LogP contribution in [0.2, 0.25) is 0 Å². The molecule has 0 amide bonds. The number of rotatable bonds is 5. The second-order valence-electron chi connectivity index (χ2n) is 4.57. The van der Waals surface area contributed by atoms with Gasteiger partial charge in [-0.1, -0.05) is 19.1 Å². The van der Waals surface area contributed by atoms with Crippen LogP contribution in [0.3, 0.4) is 0 Å². The Bertz CT molecular complexity index is 579. The Kier molecular flexibility index (Phi) is 4.75. The lowest BCUT2D eigenvalue weighted by atomic mass is 10.1. The summed E-state index contributed by atoms with van der Waals surface area (Å²) in [6.45, 7) is 2.44. The van der Waals surface area contributed by atoms with Crippen LogP contribution in [0.5, 0.6) is 0 Å². The maximum atomic E-state index is 12.4. The number of benzene rings is 1. The molecule has 2 nitrogen and oxygen atoms in total. The van der Waals surface area contributed by atoms with E-state index in [-0.39, 0.29) is 6.42 Å². The number of alkyl halides is 3. The Morgan fingerprint density at radius 3 is 2.70 bits per heavy atom. The van der Waals surface area contributed by atoms with Gasteiger partial charge in [-0.05, 0) is 41.0 Å². The van der Waals surface area contributed by atoms with Crippen molar-refractivity contribution in [1.82, 2.24) is 5.32 Å². The minimum atomic E-state index is -4.15. The summed E-state index contributed by atoms with van der Waals surface area (Å²) in [5.74, 6) is 0.540. The van der Waals surface area contributed by atoms with Crippen LogP contribution in [-0.2, 0) is 0 Å². The number of hydrogen-bond donors (Lipinski definition) is 1. The van der Waals surface area contributed by atoms with Crippen molar-refractivity contribution in [3.05, 3.63) is 34.5 Å². The lowest BCUT2D eigenvalue weighted by molar-refractivity contribution is -0.136. The van der Waals surface area contributed by atoms with Crippen LogP contribution < -0.4 is 5.32 Å². The van der Waals surface area contributed by atoms with Crippen LogP contribution in [0.15, 0.2) is 33.2 Å². The van der Waals surface area contributed by atoms with E-state index in [0.29, 0.717) is 17.9 Å². The van der Waals surface area contributed by atoms with Gasteiger partial charge in [-0.2, -0.15) is 13.2 Å². The van der Waals surface area contributed by atoms with Gasteiger partial charge in [0.05, 0.1) is 10.5 Å². The molecule has 20 heavy (non-hydrogen) atoms. The largest absolute Gasteiger partial charge is 0.458 e. The second-order valence-corrected chi connectivity index (χ2v) is 5.43. The van der Waals surface area contributed by atoms with Crippen LogP contribution in [0.4, 0.5) is 13.2 Å². The molecule has 2 aromatic rings. The summed E-state index contributed by atoms with van der Waals surface area (Å²) in [4.78, 5) is 0. The molecule has 0 aliphatic rings. The predicted octanol–water partition coefficient (Wildman–Crippen LogP) is 5.19. The maximum absolute atomic E-state index is 12.4. The van der Waals surface area contributed by atoms with Crippen molar-refractivity contribution in [2.24, 2.45) is 0 Å². The fourth-order valence-electron chi connectivity index (χ4n) is 2.12. The average molecular weight is 350 g/mol. The molecule has 0 bridgehead atoms. The normalized spacial score (nSPS) is 13.8. The summed E-state index contributed by atoms with van der Waals surface area (Å²) < 4.78 is 43.6. The summed E-state index contributed by atoms with van der Waals surface area (Å²) in [7, 11) is 0. The number of hydrogen-bond acceptors (Lipinski definition) is 2. The molecule has 2 rings (SSSR count). The quantitative estimate of drug-likeness (QED) is 0.803. The summed E-state index contributed by atoms with van der Waals surface area (Å²) in [5.41, 5.74) is 0.664. The fourth-order valence-corrected chi connectivity index (χ4v) is 2.58. The highest BCUT2D eigenvalue weighted by Crippen LogP contribution is 2.33. The molecule has 0 aliphatic carbocycles. The van der Waals surface area contributed by atoms with E-state index in [1.54, 1.807) is 6.07 Å². The molecule has 0 saturated heterocycles. The van der Waals surface area contributed by atoms with Gasteiger partial charge in [-0.15, -0.1) is 0 Å². The molecule has 0 aliphatic heterocycles. The first-order valence-corrected chi connectivity index (χ1v) is 7.18. The third kappa shape index (κ3) is 3.76. The van der Waals surface area contributed by atoms with Crippen molar-refractivity contribution in [3.63, 3.8) is 0 Å². The van der Waals surface area contributed by atoms with Crippen molar-refractivity contribution >= 4 is 26.9 Å². The van der Waals surface area contributed by atoms with Gasteiger partial charge in [-0.3, -0.25) is 0 Å². The Labute approximate surface area is 123 Å². The third-order valence-corrected chi connectivity index (χ3v) is 3.65. The van der Waals surface area contributed by atoms with Crippen molar-refractivity contribution < 1.29 is 17.6 Å². The van der Waals surface area contributed by atoms with Gasteiger partial charge in [0.2, 0.25) is 0 Å². The first-order chi connectivity index (χ1) is 9.40. The fraction of sp³-hybridized carbons (Fsp3) is 0.429. The third-order valence-electron chi connectivity index (χ3n) is 3.03. The zero-order valence-electron chi connectivity index (χ0n) is 10.9. The first kappa shape index (κ1) is 15.4. The first-order valence-electron chi connectivity index (χ1n) is 6.39. The minimum absolute atomic E-state index is 0.0330. The van der Waals surface area contributed by atoms with Crippen molar-refractivity contribution in [1.29, 1.82) is 0 Å². The van der Waals surface area contributed by atoms with E-state index in [9.17, 15) is 13.2 Å². The zero-order chi connectivity index (χ0) is 14.8. The summed E-state index contributed by atoms with van der Waals surface area (Å²) in [5, 5.41) is 3.92. The molecule has 0 radical (unpaired) electrons. The monoisotopic (exact) mass is 349 g/mol. The van der Waals surface area contributed by atoms with Crippen molar-refractivity contribution in [2.45, 2.75) is 32.0 Å². The highest BCUT2D eigenvalue weighted by molar-refractivity contribution is 9.10. The van der Waals surface area contributed by atoms with E-state index in [4.69, 9.17) is 4.42 Å². The molecule has 0 fully saturated rings. The molecule has 1 aromatic heterocycles. The molecule has 0 saturated carbocycles. The Hall–Kier alpha value is -1.01. The smallest absolute Gasteiger partial charge is 0.389 e. The van der Waals surface area contributed by atoms with Gasteiger partial charge in [-0.25, -0.2) is 0 Å². The topological polar surface area (TPSA) is 25.2 Å². The van der Waals surface area contributed by atoms with Gasteiger partial charge in [0.25, 0.3) is 0 Å². The molecule has 1 N–H and O–H groups in total. The number of nitrogens with one attached hydrogen (secondary N) is 1. The highest BCUT2D eigenvalue weighted by atomic mass is 79.9. The van der Waals surface area contributed by atoms with Gasteiger partial charge in [0.1, 0.15) is 11.3 Å². The molecule has 1 atom stereocenters. The van der Waals surface area contributed by atoms with Crippen molar-refractivity contribution in [2.75, 3.05) is 6.54 Å². The van der Waals surface area contributed by atoms with Gasteiger partial charge in [0.15, 0.2) is 0 Å². The van der Waals surface area contributed by atoms with Gasteiger partial charge in [0, 0.05) is 11.8 Å². The standard InChI is InChI=1S/C14H15BrF3NO/c1-2-19-11(6-7-14(16,17)18)12-8-9-4-3-5-10(15)13(9)20-12/h3-5,8,11,19H,2,6-7H2,1H3. The van der Waals surface area contributed by atoms with E-state index in [1.165, 1.54) is 0 Å². The van der Waals surface area contributed by atoms with Crippen LogP contribution >= 0.6 is 15.9 Å². The molecular weight excluding hydrogens is 335 g/mol. The Balaban J connectivity index is 2.24. The molecule has 110 valence electrons. The molecule has 1 aromatic carbocycles. The summed E-state index contributed by atoms with van der Waals surface area (Å²) in [6.07, 6.45) is -5.02. The summed E-state index contributed by atoms with van der Waals surface area (Å²) in [6, 6.07) is 6.95. The van der Waals surface area contributed by atoms with Crippen LogP contribution in [-0.4, -0.2) is 12.7 Å². The zero-order valence-corrected chi connectivity index (χ0v) is 12.5. The van der Waals surface area contributed by atoms with Gasteiger partial charge < -0.3 is 9.73 Å². The average Bonchev–Trinajstić information content (AvgIpc) is 2.78.